The van der Waals surface area contributed by atoms with E-state index in [0.29, 0.717) is 17.1 Å². The van der Waals surface area contributed by atoms with Crippen molar-refractivity contribution in [1.29, 1.82) is 0 Å². The summed E-state index contributed by atoms with van der Waals surface area (Å²) < 4.78 is 2.98. The van der Waals surface area contributed by atoms with Gasteiger partial charge in [-0.25, -0.2) is 9.48 Å². The minimum atomic E-state index is -1.16. The summed E-state index contributed by atoms with van der Waals surface area (Å²) in [7, 11) is 3.38. The molecule has 21 heavy (non-hydrogen) atoms. The number of hydrogen-bond acceptors (Lipinski definition) is 7. The van der Waals surface area contributed by atoms with Gasteiger partial charge in [0.05, 0.1) is 13.2 Å². The molecule has 0 aliphatic heterocycles. The Morgan fingerprint density at radius 2 is 2.10 bits per heavy atom. The van der Waals surface area contributed by atoms with Gasteiger partial charge in [-0.15, -0.1) is 15.3 Å². The van der Waals surface area contributed by atoms with Crippen LogP contribution in [0.5, 0.6) is 0 Å². The number of nitrogens with zero attached hydrogens (tertiary/aromatic N) is 9. The zero-order chi connectivity index (χ0) is 15.0. The average molecular weight is 289 g/mol. The summed E-state index contributed by atoms with van der Waals surface area (Å²) in [5, 5.41) is 32.4. The maximum absolute atomic E-state index is 11.3. The lowest BCUT2D eigenvalue weighted by Crippen LogP contribution is -2.07. The second-order valence-corrected chi connectivity index (χ2v) is 4.35. The number of rotatable bonds is 4. The van der Waals surface area contributed by atoms with Crippen molar-refractivity contribution < 1.29 is 9.90 Å². The van der Waals surface area contributed by atoms with E-state index in [2.05, 4.69) is 30.8 Å². The lowest BCUT2D eigenvalue weighted by molar-refractivity contribution is 0.0691. The van der Waals surface area contributed by atoms with Crippen LogP contribution in [0.4, 0.5) is 0 Å². The van der Waals surface area contributed by atoms with Crippen LogP contribution in [0.1, 0.15) is 16.3 Å². The largest absolute Gasteiger partial charge is 0.476 e. The van der Waals surface area contributed by atoms with Gasteiger partial charge in [0.2, 0.25) is 0 Å². The van der Waals surface area contributed by atoms with Crippen LogP contribution in [0.15, 0.2) is 12.4 Å². The number of carboxylic acids is 1. The Hall–Kier alpha value is -3.11. The van der Waals surface area contributed by atoms with Crippen LogP contribution in [-0.2, 0) is 20.6 Å². The van der Waals surface area contributed by atoms with Gasteiger partial charge >= 0.3 is 5.97 Å². The molecule has 0 fully saturated rings. The molecule has 3 aromatic rings. The fourth-order valence-electron chi connectivity index (χ4n) is 1.92. The lowest BCUT2D eigenvalue weighted by Gasteiger charge is -2.02. The van der Waals surface area contributed by atoms with Gasteiger partial charge in [-0.2, -0.15) is 9.90 Å². The molecule has 0 bridgehead atoms. The molecular formula is C10H11N9O2. The van der Waals surface area contributed by atoms with Crippen LogP contribution < -0.4 is 0 Å². The molecule has 11 heteroatoms. The highest BCUT2D eigenvalue weighted by Crippen LogP contribution is 2.22. The maximum atomic E-state index is 11.3. The van der Waals surface area contributed by atoms with Gasteiger partial charge in [0.15, 0.2) is 11.5 Å². The monoisotopic (exact) mass is 289 g/mol. The Labute approximate surface area is 117 Å². The smallest absolute Gasteiger partial charge is 0.358 e. The molecule has 0 aliphatic rings. The molecule has 108 valence electrons. The second-order valence-electron chi connectivity index (χ2n) is 4.35. The highest BCUT2D eigenvalue weighted by molar-refractivity contribution is 5.92. The molecule has 0 aromatic carbocycles. The van der Waals surface area contributed by atoms with E-state index in [1.54, 1.807) is 31.2 Å². The molecule has 3 heterocycles. The zero-order valence-electron chi connectivity index (χ0n) is 11.2. The molecule has 0 aliphatic carbocycles. The minimum absolute atomic E-state index is 0.146. The van der Waals surface area contributed by atoms with Crippen molar-refractivity contribution in [2.45, 2.75) is 6.54 Å². The molecule has 0 atom stereocenters. The Kier molecular flexibility index (Phi) is 2.93. The highest BCUT2D eigenvalue weighted by Gasteiger charge is 2.22. The van der Waals surface area contributed by atoms with Crippen molar-refractivity contribution in [3.8, 4) is 11.3 Å². The fourth-order valence-corrected chi connectivity index (χ4v) is 1.92. The van der Waals surface area contributed by atoms with Crippen molar-refractivity contribution in [2.24, 2.45) is 14.1 Å². The van der Waals surface area contributed by atoms with E-state index in [9.17, 15) is 9.90 Å². The average Bonchev–Trinajstić information content (AvgIpc) is 3.10. The van der Waals surface area contributed by atoms with Gasteiger partial charge in [0.1, 0.15) is 12.2 Å². The van der Waals surface area contributed by atoms with Gasteiger partial charge in [-0.3, -0.25) is 4.68 Å². The standard InChI is InChI=1S/C10H11N9O2/c1-17-4-6(3-11-17)9-8(10(20)21)13-16-19(9)5-7-12-15-18(2)14-7/h3-4H,5H2,1-2H3,(H,20,21). The Bertz CT molecular complexity index is 799. The molecular weight excluding hydrogens is 278 g/mol. The molecule has 3 aromatic heterocycles. The van der Waals surface area contributed by atoms with Crippen LogP contribution in [0.25, 0.3) is 11.3 Å². The Balaban J connectivity index is 2.06. The lowest BCUT2D eigenvalue weighted by atomic mass is 10.2. The van der Waals surface area contributed by atoms with Crippen LogP contribution in [0.2, 0.25) is 0 Å². The number of tetrazole rings is 1. The summed E-state index contributed by atoms with van der Waals surface area (Å²) in [4.78, 5) is 12.6. The van der Waals surface area contributed by atoms with Gasteiger partial charge in [-0.1, -0.05) is 5.21 Å². The van der Waals surface area contributed by atoms with E-state index in [1.807, 2.05) is 0 Å². The van der Waals surface area contributed by atoms with E-state index < -0.39 is 5.97 Å². The third kappa shape index (κ3) is 2.35. The van der Waals surface area contributed by atoms with Gasteiger partial charge in [0, 0.05) is 18.8 Å². The summed E-state index contributed by atoms with van der Waals surface area (Å²) in [5.74, 6) is -0.753. The minimum Gasteiger partial charge on any atom is -0.476 e. The van der Waals surface area contributed by atoms with Gasteiger partial charge in [-0.05, 0) is 5.21 Å². The topological polar surface area (TPSA) is 129 Å². The van der Waals surface area contributed by atoms with E-state index in [0.717, 1.165) is 0 Å². The number of aromatic nitrogens is 9. The maximum Gasteiger partial charge on any atom is 0.358 e. The van der Waals surface area contributed by atoms with Crippen molar-refractivity contribution in [2.75, 3.05) is 0 Å². The first-order chi connectivity index (χ1) is 10.0. The molecule has 0 saturated heterocycles. The molecule has 0 spiro atoms. The fraction of sp³-hybridized carbons (Fsp3) is 0.300. The summed E-state index contributed by atoms with van der Waals surface area (Å²) in [5.41, 5.74) is 0.804. The molecule has 0 radical (unpaired) electrons. The summed E-state index contributed by atoms with van der Waals surface area (Å²) >= 11 is 0. The molecule has 0 amide bonds. The van der Waals surface area contributed by atoms with E-state index in [4.69, 9.17) is 0 Å². The predicted molar refractivity (Wildman–Crippen MR) is 67.1 cm³/mol. The summed E-state index contributed by atoms with van der Waals surface area (Å²) in [6.45, 7) is 0.165. The van der Waals surface area contributed by atoms with Crippen molar-refractivity contribution >= 4 is 5.97 Å². The zero-order valence-corrected chi connectivity index (χ0v) is 11.2. The third-order valence-electron chi connectivity index (χ3n) is 2.76. The molecule has 0 saturated carbocycles. The Morgan fingerprint density at radius 3 is 2.67 bits per heavy atom. The summed E-state index contributed by atoms with van der Waals surface area (Å²) in [6.07, 6.45) is 3.23. The molecule has 1 N–H and O–H groups in total. The van der Waals surface area contributed by atoms with Gasteiger partial charge in [0.25, 0.3) is 0 Å². The molecule has 11 nitrogen and oxygen atoms in total. The predicted octanol–water partition coefficient (Wildman–Crippen LogP) is -1.05. The number of aryl methyl sites for hydroxylation is 2. The quantitative estimate of drug-likeness (QED) is 0.644. The van der Waals surface area contributed by atoms with Crippen molar-refractivity contribution in [1.82, 2.24) is 45.0 Å². The first kappa shape index (κ1) is 12.9. The van der Waals surface area contributed by atoms with E-state index in [-0.39, 0.29) is 12.2 Å². The second kappa shape index (κ2) is 4.77. The molecule has 3 rings (SSSR count). The first-order valence-corrected chi connectivity index (χ1v) is 5.93. The SMILES string of the molecule is Cn1cc(-c2c(C(=O)O)nnn2Cc2nnn(C)n2)cn1. The number of carboxylic acid groups (broad SMARTS) is 1. The first-order valence-electron chi connectivity index (χ1n) is 5.93. The Morgan fingerprint density at radius 1 is 1.29 bits per heavy atom. The summed E-state index contributed by atoms with van der Waals surface area (Å²) in [6, 6.07) is 0. The number of aromatic carboxylic acids is 1. The molecule has 0 unspecified atom stereocenters. The van der Waals surface area contributed by atoms with E-state index >= 15 is 0 Å². The van der Waals surface area contributed by atoms with Crippen LogP contribution in [0.3, 0.4) is 0 Å². The van der Waals surface area contributed by atoms with Crippen LogP contribution in [-0.4, -0.2) is 56.1 Å². The van der Waals surface area contributed by atoms with E-state index in [1.165, 1.54) is 9.48 Å². The normalized spacial score (nSPS) is 11.0. The number of carbonyl (C=O) groups is 1. The third-order valence-corrected chi connectivity index (χ3v) is 2.76. The number of hydrogen-bond donors (Lipinski definition) is 1. The van der Waals surface area contributed by atoms with Crippen molar-refractivity contribution in [3.63, 3.8) is 0 Å². The van der Waals surface area contributed by atoms with Crippen LogP contribution >= 0.6 is 0 Å². The highest BCUT2D eigenvalue weighted by atomic mass is 16.4. The van der Waals surface area contributed by atoms with Crippen LogP contribution in [0, 0.1) is 0 Å². The van der Waals surface area contributed by atoms with Gasteiger partial charge < -0.3 is 5.11 Å². The van der Waals surface area contributed by atoms with Crippen molar-refractivity contribution in [3.05, 3.63) is 23.9 Å².